The van der Waals surface area contributed by atoms with Gasteiger partial charge >= 0.3 is 12.0 Å². The van der Waals surface area contributed by atoms with Gasteiger partial charge in [0.15, 0.2) is 0 Å². The maximum Gasteiger partial charge on any atom is 0.326 e. The third-order valence-corrected chi connectivity index (χ3v) is 3.15. The van der Waals surface area contributed by atoms with Crippen molar-refractivity contribution in [1.82, 2.24) is 15.5 Å². The Hall–Kier alpha value is -1.79. The number of hydrogen-bond acceptors (Lipinski definition) is 3. The van der Waals surface area contributed by atoms with Crippen LogP contribution in [-0.4, -0.2) is 53.1 Å². The molecule has 0 saturated carbocycles. The van der Waals surface area contributed by atoms with Crippen molar-refractivity contribution in [2.75, 3.05) is 13.1 Å². The number of nitrogens with zero attached hydrogens (tertiary/aromatic N) is 1. The molecule has 114 valence electrons. The topological polar surface area (TPSA) is 98.7 Å². The third kappa shape index (κ3) is 5.07. The van der Waals surface area contributed by atoms with Gasteiger partial charge in [-0.05, 0) is 26.7 Å². The average molecular weight is 285 g/mol. The van der Waals surface area contributed by atoms with Crippen LogP contribution in [0.4, 0.5) is 4.79 Å². The Kier molecular flexibility index (Phi) is 6.27. The summed E-state index contributed by atoms with van der Waals surface area (Å²) < 4.78 is 0. The summed E-state index contributed by atoms with van der Waals surface area (Å²) in [6, 6.07) is -1.28. The maximum absolute atomic E-state index is 12.0. The van der Waals surface area contributed by atoms with E-state index >= 15 is 0 Å². The standard InChI is InChI=1S/C13H23N3O4/c1-9(2)15-11(17)8-14-13(20)16-7-5-3-4-6-10(16)12(18)19/h9-10H,3-8H2,1-2H3,(H,14,20)(H,15,17)(H,18,19). The Morgan fingerprint density at radius 1 is 1.25 bits per heavy atom. The van der Waals surface area contributed by atoms with E-state index in [0.717, 1.165) is 19.3 Å². The zero-order valence-corrected chi connectivity index (χ0v) is 12.0. The first-order valence-corrected chi connectivity index (χ1v) is 6.98. The lowest BCUT2D eigenvalue weighted by Gasteiger charge is -2.27. The van der Waals surface area contributed by atoms with E-state index in [1.807, 2.05) is 13.8 Å². The minimum atomic E-state index is -0.992. The molecule has 0 aromatic carbocycles. The third-order valence-electron chi connectivity index (χ3n) is 3.15. The van der Waals surface area contributed by atoms with Gasteiger partial charge in [-0.25, -0.2) is 9.59 Å². The first-order valence-electron chi connectivity index (χ1n) is 6.98. The van der Waals surface area contributed by atoms with Crippen molar-refractivity contribution >= 4 is 17.9 Å². The SMILES string of the molecule is CC(C)NC(=O)CNC(=O)N1CCCCCC1C(=O)O. The molecular formula is C13H23N3O4. The Morgan fingerprint density at radius 3 is 2.55 bits per heavy atom. The lowest BCUT2D eigenvalue weighted by Crippen LogP contribution is -2.51. The number of rotatable bonds is 4. The molecule has 0 bridgehead atoms. The number of hydrogen-bond donors (Lipinski definition) is 3. The number of urea groups is 1. The number of carboxylic acid groups (broad SMARTS) is 1. The van der Waals surface area contributed by atoms with Crippen LogP contribution in [0, 0.1) is 0 Å². The highest BCUT2D eigenvalue weighted by Gasteiger charge is 2.30. The number of carbonyl (C=O) groups is 3. The molecule has 3 amide bonds. The number of carboxylic acids is 1. The fourth-order valence-electron chi connectivity index (χ4n) is 2.24. The first-order chi connectivity index (χ1) is 9.41. The van der Waals surface area contributed by atoms with Gasteiger partial charge in [0.05, 0.1) is 6.54 Å². The lowest BCUT2D eigenvalue weighted by atomic mass is 10.1. The normalized spacial score (nSPS) is 19.4. The highest BCUT2D eigenvalue weighted by atomic mass is 16.4. The van der Waals surface area contributed by atoms with E-state index in [1.54, 1.807) is 0 Å². The summed E-state index contributed by atoms with van der Waals surface area (Å²) in [6.07, 6.45) is 2.96. The molecule has 0 aromatic heterocycles. The van der Waals surface area contributed by atoms with Crippen molar-refractivity contribution in [3.8, 4) is 0 Å². The fraction of sp³-hybridized carbons (Fsp3) is 0.769. The molecule has 1 rings (SSSR count). The van der Waals surface area contributed by atoms with Gasteiger partial charge < -0.3 is 20.6 Å². The van der Waals surface area contributed by atoms with Gasteiger partial charge in [-0.2, -0.15) is 0 Å². The Labute approximate surface area is 118 Å². The van der Waals surface area contributed by atoms with Gasteiger partial charge in [-0.15, -0.1) is 0 Å². The summed E-state index contributed by atoms with van der Waals surface area (Å²) in [7, 11) is 0. The number of aliphatic carboxylic acids is 1. The molecule has 1 aliphatic heterocycles. The van der Waals surface area contributed by atoms with Crippen molar-refractivity contribution < 1.29 is 19.5 Å². The van der Waals surface area contributed by atoms with Gasteiger partial charge in [0.2, 0.25) is 5.91 Å². The van der Waals surface area contributed by atoms with Crippen molar-refractivity contribution in [2.24, 2.45) is 0 Å². The molecule has 7 heteroatoms. The molecule has 1 aliphatic rings. The van der Waals surface area contributed by atoms with Crippen molar-refractivity contribution in [3.63, 3.8) is 0 Å². The molecular weight excluding hydrogens is 262 g/mol. The van der Waals surface area contributed by atoms with Crippen LogP contribution in [0.15, 0.2) is 0 Å². The largest absolute Gasteiger partial charge is 0.480 e. The summed E-state index contributed by atoms with van der Waals surface area (Å²) >= 11 is 0. The fourth-order valence-corrected chi connectivity index (χ4v) is 2.24. The second-order valence-electron chi connectivity index (χ2n) is 5.28. The van der Waals surface area contributed by atoms with Crippen LogP contribution >= 0.6 is 0 Å². The number of amides is 3. The number of likely N-dealkylation sites (tertiary alicyclic amines) is 1. The van der Waals surface area contributed by atoms with Crippen LogP contribution in [0.5, 0.6) is 0 Å². The van der Waals surface area contributed by atoms with Crippen LogP contribution in [0.1, 0.15) is 39.5 Å². The van der Waals surface area contributed by atoms with E-state index in [4.69, 9.17) is 0 Å². The van der Waals surface area contributed by atoms with Crippen LogP contribution in [0.3, 0.4) is 0 Å². The predicted octanol–water partition coefficient (Wildman–Crippen LogP) is 0.550. The molecule has 0 spiro atoms. The molecule has 1 heterocycles. The molecule has 1 atom stereocenters. The van der Waals surface area contributed by atoms with Gasteiger partial charge in [0, 0.05) is 12.6 Å². The molecule has 1 unspecified atom stereocenters. The molecule has 1 fully saturated rings. The quantitative estimate of drug-likeness (QED) is 0.702. The molecule has 0 aliphatic carbocycles. The summed E-state index contributed by atoms with van der Waals surface area (Å²) in [6.45, 7) is 3.93. The highest BCUT2D eigenvalue weighted by molar-refractivity contribution is 5.86. The molecule has 20 heavy (non-hydrogen) atoms. The summed E-state index contributed by atoms with van der Waals surface area (Å²) in [5, 5.41) is 14.3. The van der Waals surface area contributed by atoms with Gasteiger partial charge in [-0.1, -0.05) is 12.8 Å². The lowest BCUT2D eigenvalue weighted by molar-refractivity contribution is -0.142. The smallest absolute Gasteiger partial charge is 0.326 e. The van der Waals surface area contributed by atoms with Crippen molar-refractivity contribution in [3.05, 3.63) is 0 Å². The number of nitrogens with one attached hydrogen (secondary N) is 2. The Bertz CT molecular complexity index is 371. The van der Waals surface area contributed by atoms with Crippen LogP contribution < -0.4 is 10.6 Å². The zero-order valence-electron chi connectivity index (χ0n) is 12.0. The molecule has 1 saturated heterocycles. The Morgan fingerprint density at radius 2 is 1.95 bits per heavy atom. The van der Waals surface area contributed by atoms with E-state index in [1.165, 1.54) is 4.90 Å². The summed E-state index contributed by atoms with van der Waals surface area (Å²) in [5.74, 6) is -1.27. The maximum atomic E-state index is 12.0. The molecule has 0 radical (unpaired) electrons. The van der Waals surface area contributed by atoms with E-state index < -0.39 is 18.0 Å². The van der Waals surface area contributed by atoms with Crippen LogP contribution in [0.25, 0.3) is 0 Å². The minimum absolute atomic E-state index is 0.00403. The van der Waals surface area contributed by atoms with E-state index in [9.17, 15) is 19.5 Å². The summed E-state index contributed by atoms with van der Waals surface area (Å²) in [4.78, 5) is 36.0. The van der Waals surface area contributed by atoms with Gasteiger partial charge in [-0.3, -0.25) is 4.79 Å². The summed E-state index contributed by atoms with van der Waals surface area (Å²) in [5.41, 5.74) is 0. The minimum Gasteiger partial charge on any atom is -0.480 e. The van der Waals surface area contributed by atoms with Crippen LogP contribution in [-0.2, 0) is 9.59 Å². The second kappa shape index (κ2) is 7.72. The van der Waals surface area contributed by atoms with E-state index in [-0.39, 0.29) is 18.5 Å². The zero-order chi connectivity index (χ0) is 15.1. The highest BCUT2D eigenvalue weighted by Crippen LogP contribution is 2.17. The monoisotopic (exact) mass is 285 g/mol. The molecule has 3 N–H and O–H groups in total. The first kappa shape index (κ1) is 16.3. The predicted molar refractivity (Wildman–Crippen MR) is 73.3 cm³/mol. The van der Waals surface area contributed by atoms with Crippen molar-refractivity contribution in [2.45, 2.75) is 51.6 Å². The van der Waals surface area contributed by atoms with Gasteiger partial charge in [0.25, 0.3) is 0 Å². The molecule has 7 nitrogen and oxygen atoms in total. The second-order valence-corrected chi connectivity index (χ2v) is 5.28. The van der Waals surface area contributed by atoms with E-state index in [2.05, 4.69) is 10.6 Å². The average Bonchev–Trinajstić information content (AvgIpc) is 2.60. The van der Waals surface area contributed by atoms with E-state index in [0.29, 0.717) is 13.0 Å². The van der Waals surface area contributed by atoms with Crippen LogP contribution in [0.2, 0.25) is 0 Å². The number of carbonyl (C=O) groups excluding carboxylic acids is 2. The van der Waals surface area contributed by atoms with Gasteiger partial charge in [0.1, 0.15) is 6.04 Å². The molecule has 0 aromatic rings. The van der Waals surface area contributed by atoms with Crippen molar-refractivity contribution in [1.29, 1.82) is 0 Å². The Balaban J connectivity index is 2.54.